The molecule has 7 nitrogen and oxygen atoms in total. The molecule has 1 aromatic heterocycles. The van der Waals surface area contributed by atoms with Gasteiger partial charge in [-0.15, -0.1) is 5.10 Å². The van der Waals surface area contributed by atoms with Crippen LogP contribution >= 0.6 is 23.2 Å². The molecule has 0 aliphatic rings. The van der Waals surface area contributed by atoms with Gasteiger partial charge in [0, 0.05) is 27.4 Å². The van der Waals surface area contributed by atoms with Crippen LogP contribution in [0.4, 0.5) is 0 Å². The highest BCUT2D eigenvalue weighted by Gasteiger charge is 2.15. The average Bonchev–Trinajstić information content (AvgIpc) is 3.14. The summed E-state index contributed by atoms with van der Waals surface area (Å²) in [6.07, 6.45) is 1.20. The zero-order valence-corrected chi connectivity index (χ0v) is 21.6. The fourth-order valence-corrected chi connectivity index (χ4v) is 4.07. The van der Waals surface area contributed by atoms with E-state index in [1.54, 1.807) is 30.3 Å². The van der Waals surface area contributed by atoms with Crippen LogP contribution in [0.15, 0.2) is 42.5 Å². The van der Waals surface area contributed by atoms with Crippen molar-refractivity contribution < 1.29 is 24.1 Å². The van der Waals surface area contributed by atoms with E-state index < -0.39 is 5.97 Å². The van der Waals surface area contributed by atoms with Crippen molar-refractivity contribution in [2.45, 2.75) is 52.7 Å². The van der Waals surface area contributed by atoms with Crippen LogP contribution in [0.1, 0.15) is 44.0 Å². The van der Waals surface area contributed by atoms with Crippen molar-refractivity contribution in [2.24, 2.45) is 0 Å². The number of hydrogen-bond acceptors (Lipinski definition) is 5. The summed E-state index contributed by atoms with van der Waals surface area (Å²) in [6.45, 7) is 7.09. The Morgan fingerprint density at radius 3 is 2.60 bits per heavy atom. The normalized spacial score (nSPS) is 11.0. The third-order valence-electron chi connectivity index (χ3n) is 5.06. The molecule has 188 valence electrons. The summed E-state index contributed by atoms with van der Waals surface area (Å²) in [5.74, 6) is 0.640. The van der Waals surface area contributed by atoms with E-state index in [0.717, 1.165) is 11.3 Å². The molecule has 1 N–H and O–H groups in total. The molecule has 0 saturated heterocycles. The van der Waals surface area contributed by atoms with Gasteiger partial charge in [-0.2, -0.15) is 0 Å². The zero-order chi connectivity index (χ0) is 25.4. The number of benzene rings is 2. The minimum absolute atomic E-state index is 0.00335. The van der Waals surface area contributed by atoms with Crippen molar-refractivity contribution in [3.8, 4) is 17.4 Å². The van der Waals surface area contributed by atoms with Crippen molar-refractivity contribution in [3.63, 3.8) is 0 Å². The minimum atomic E-state index is -0.925. The molecule has 3 aromatic rings. The van der Waals surface area contributed by atoms with Gasteiger partial charge in [-0.05, 0) is 57.4 Å². The first-order chi connectivity index (χ1) is 16.8. The first kappa shape index (κ1) is 26.7. The topological polar surface area (TPSA) is 82.8 Å². The molecule has 0 aliphatic heterocycles. The van der Waals surface area contributed by atoms with Gasteiger partial charge in [-0.1, -0.05) is 41.4 Å². The van der Waals surface area contributed by atoms with Gasteiger partial charge in [0.1, 0.15) is 0 Å². The Kier molecular flexibility index (Phi) is 9.69. The Balaban J connectivity index is 1.72. The Morgan fingerprint density at radius 2 is 1.91 bits per heavy atom. The number of aromatic nitrogens is 2. The third kappa shape index (κ3) is 7.80. The molecular weight excluding hydrogens is 491 g/mol. The third-order valence-corrected chi connectivity index (χ3v) is 5.65. The molecular formula is C26H30Cl2N2O5. The Labute approximate surface area is 215 Å². The van der Waals surface area contributed by atoms with Crippen LogP contribution in [0.5, 0.6) is 17.4 Å². The number of aliphatic carboxylic acids is 1. The van der Waals surface area contributed by atoms with Crippen molar-refractivity contribution in [3.05, 3.63) is 69.3 Å². The summed E-state index contributed by atoms with van der Waals surface area (Å²) < 4.78 is 19.3. The number of nitrogens with zero attached hydrogens (tertiary/aromatic N) is 2. The van der Waals surface area contributed by atoms with Crippen molar-refractivity contribution >= 4 is 29.2 Å². The van der Waals surface area contributed by atoms with Gasteiger partial charge in [-0.25, -0.2) is 0 Å². The summed E-state index contributed by atoms with van der Waals surface area (Å²) in [7, 11) is 0. The number of hydrogen-bond donors (Lipinski definition) is 1. The molecule has 0 atom stereocenters. The monoisotopic (exact) mass is 520 g/mol. The van der Waals surface area contributed by atoms with E-state index in [-0.39, 0.29) is 12.5 Å². The second-order valence-corrected chi connectivity index (χ2v) is 9.08. The molecule has 3 rings (SSSR count). The number of para-hydroxylation sites is 1. The van der Waals surface area contributed by atoms with Crippen LogP contribution in [0, 0.1) is 0 Å². The second-order valence-electron chi connectivity index (χ2n) is 8.23. The van der Waals surface area contributed by atoms with E-state index >= 15 is 0 Å². The van der Waals surface area contributed by atoms with Gasteiger partial charge in [0.05, 0.1) is 32.3 Å². The zero-order valence-electron chi connectivity index (χ0n) is 20.1. The van der Waals surface area contributed by atoms with E-state index in [1.165, 1.54) is 0 Å². The highest BCUT2D eigenvalue weighted by Crippen LogP contribution is 2.32. The average molecular weight is 521 g/mol. The van der Waals surface area contributed by atoms with Crippen LogP contribution in [0.2, 0.25) is 10.0 Å². The minimum Gasteiger partial charge on any atom is -0.490 e. The molecule has 0 unspecified atom stereocenters. The Morgan fingerprint density at radius 1 is 1.11 bits per heavy atom. The van der Waals surface area contributed by atoms with Crippen molar-refractivity contribution in [1.82, 2.24) is 9.78 Å². The number of halogens is 2. The molecule has 0 fully saturated rings. The van der Waals surface area contributed by atoms with E-state index in [0.29, 0.717) is 65.6 Å². The number of aryl methyl sites for hydroxylation is 1. The van der Waals surface area contributed by atoms with Crippen LogP contribution in [-0.4, -0.2) is 40.2 Å². The van der Waals surface area contributed by atoms with Gasteiger partial charge in [0.15, 0.2) is 11.5 Å². The molecule has 0 saturated carbocycles. The Hall–Kier alpha value is -2.90. The van der Waals surface area contributed by atoms with E-state index in [9.17, 15) is 9.90 Å². The first-order valence-electron chi connectivity index (χ1n) is 11.5. The Bertz CT molecular complexity index is 1150. The van der Waals surface area contributed by atoms with E-state index in [4.69, 9.17) is 37.4 Å². The lowest BCUT2D eigenvalue weighted by Crippen LogP contribution is -2.10. The number of carboxylic acids is 1. The van der Waals surface area contributed by atoms with Crippen LogP contribution in [-0.2, 0) is 24.2 Å². The molecule has 0 radical (unpaired) electrons. The van der Waals surface area contributed by atoms with E-state index in [1.807, 2.05) is 37.6 Å². The number of carboxylic acid groups (broad SMARTS) is 1. The molecule has 0 spiro atoms. The summed E-state index contributed by atoms with van der Waals surface area (Å²) in [5, 5.41) is 15.0. The fraction of sp³-hybridized carbons (Fsp3) is 0.385. The maximum atomic E-state index is 11.3. The van der Waals surface area contributed by atoms with Crippen LogP contribution < -0.4 is 14.2 Å². The number of carbonyl (C=O) groups is 1. The predicted octanol–water partition coefficient (Wildman–Crippen LogP) is 6.06. The molecule has 0 amide bonds. The number of rotatable bonds is 13. The molecule has 1 heterocycles. The van der Waals surface area contributed by atoms with Gasteiger partial charge in [-0.3, -0.25) is 9.48 Å². The fourth-order valence-electron chi connectivity index (χ4n) is 3.60. The number of ether oxygens (including phenoxy) is 3. The second kappa shape index (κ2) is 12.7. The van der Waals surface area contributed by atoms with E-state index in [2.05, 4.69) is 5.10 Å². The quantitative estimate of drug-likeness (QED) is 0.275. The lowest BCUT2D eigenvalue weighted by Gasteiger charge is -2.15. The summed E-state index contributed by atoms with van der Waals surface area (Å²) in [4.78, 5) is 11.3. The SMILES string of the molecule is CCOc1cccc(CC(=O)O)c1OCCCc1cc(OC(C)C)nn1Cc1ccc(Cl)cc1Cl. The highest BCUT2D eigenvalue weighted by atomic mass is 35.5. The summed E-state index contributed by atoms with van der Waals surface area (Å²) in [5.41, 5.74) is 2.45. The lowest BCUT2D eigenvalue weighted by molar-refractivity contribution is -0.136. The maximum absolute atomic E-state index is 11.3. The van der Waals surface area contributed by atoms with Gasteiger partial charge in [0.2, 0.25) is 5.88 Å². The summed E-state index contributed by atoms with van der Waals surface area (Å²) >= 11 is 12.4. The smallest absolute Gasteiger partial charge is 0.307 e. The highest BCUT2D eigenvalue weighted by molar-refractivity contribution is 6.35. The van der Waals surface area contributed by atoms with Gasteiger partial charge < -0.3 is 19.3 Å². The van der Waals surface area contributed by atoms with Gasteiger partial charge >= 0.3 is 5.97 Å². The van der Waals surface area contributed by atoms with Crippen molar-refractivity contribution in [1.29, 1.82) is 0 Å². The van der Waals surface area contributed by atoms with Crippen LogP contribution in [0.3, 0.4) is 0 Å². The first-order valence-corrected chi connectivity index (χ1v) is 12.3. The standard InChI is InChI=1S/C26H30Cl2N2O5/c1-4-33-23-9-5-7-18(13-25(31)32)26(23)34-12-6-8-21-15-24(35-17(2)3)29-30(21)16-19-10-11-20(27)14-22(19)28/h5,7,9-11,14-15,17H,4,6,8,12-13,16H2,1-3H3,(H,31,32). The molecule has 35 heavy (non-hydrogen) atoms. The van der Waals surface area contributed by atoms with Gasteiger partial charge in [0.25, 0.3) is 0 Å². The molecule has 2 aromatic carbocycles. The molecule has 0 aliphatic carbocycles. The summed E-state index contributed by atoms with van der Waals surface area (Å²) in [6, 6.07) is 12.6. The maximum Gasteiger partial charge on any atom is 0.307 e. The molecule has 0 bridgehead atoms. The van der Waals surface area contributed by atoms with Crippen molar-refractivity contribution in [2.75, 3.05) is 13.2 Å². The predicted molar refractivity (Wildman–Crippen MR) is 136 cm³/mol. The lowest BCUT2D eigenvalue weighted by atomic mass is 10.1. The molecule has 9 heteroatoms. The largest absolute Gasteiger partial charge is 0.490 e. The van der Waals surface area contributed by atoms with Crippen LogP contribution in [0.25, 0.3) is 0 Å².